The van der Waals surface area contributed by atoms with Crippen molar-refractivity contribution in [2.75, 3.05) is 6.66 Å². The first-order valence-electron chi connectivity index (χ1n) is 5.50. The van der Waals surface area contributed by atoms with Crippen LogP contribution in [-0.2, 0) is 0 Å². The van der Waals surface area contributed by atoms with Crippen molar-refractivity contribution in [3.05, 3.63) is 5.79 Å². The highest BCUT2D eigenvalue weighted by Crippen LogP contribution is 2.49. The summed E-state index contributed by atoms with van der Waals surface area (Å²) < 4.78 is 0. The molecule has 76 valence electrons. The maximum absolute atomic E-state index is 3.89. The van der Waals surface area contributed by atoms with Gasteiger partial charge in [-0.2, -0.15) is 0 Å². The summed E-state index contributed by atoms with van der Waals surface area (Å²) in [6, 6.07) is 0. The Kier molecular flexibility index (Phi) is 4.45. The van der Waals surface area contributed by atoms with Gasteiger partial charge in [0.25, 0.3) is 0 Å². The molecule has 0 saturated heterocycles. The Morgan fingerprint density at radius 1 is 1.08 bits per heavy atom. The van der Waals surface area contributed by atoms with Gasteiger partial charge in [-0.3, -0.25) is 0 Å². The molecule has 2 heteroatoms. The number of hydrogen-bond acceptors (Lipinski definition) is 0. The van der Waals surface area contributed by atoms with Crippen LogP contribution in [0.3, 0.4) is 0 Å². The minimum absolute atomic E-state index is 0.125. The lowest BCUT2D eigenvalue weighted by Crippen LogP contribution is -2.23. The van der Waals surface area contributed by atoms with E-state index in [2.05, 4.69) is 32.1 Å². The van der Waals surface area contributed by atoms with E-state index in [1.165, 1.54) is 32.1 Å². The van der Waals surface area contributed by atoms with E-state index >= 15 is 0 Å². The fourth-order valence-electron chi connectivity index (χ4n) is 2.09. The fraction of sp³-hybridized carbons (Fsp3) is 0.909. The van der Waals surface area contributed by atoms with Crippen molar-refractivity contribution >= 4 is 16.0 Å². The minimum atomic E-state index is -1.03. The molecule has 0 amide bonds. The Bertz CT molecular complexity index is 145. The van der Waals surface area contributed by atoms with Crippen molar-refractivity contribution in [2.45, 2.75) is 57.4 Å². The van der Waals surface area contributed by atoms with Gasteiger partial charge in [0.1, 0.15) is 0 Å². The van der Waals surface area contributed by atoms with E-state index in [0.29, 0.717) is 0 Å². The molecule has 13 heavy (non-hydrogen) atoms. The molecule has 0 aromatic heterocycles. The first-order chi connectivity index (χ1) is 5.99. The average molecular weight is 214 g/mol. The van der Waals surface area contributed by atoms with Gasteiger partial charge in [-0.1, -0.05) is 38.9 Å². The maximum atomic E-state index is 3.89. The molecule has 1 rings (SSSR count). The third-order valence-electron chi connectivity index (χ3n) is 2.63. The van der Waals surface area contributed by atoms with Crippen LogP contribution >= 0.6 is 7.92 Å². The topological polar surface area (TPSA) is 0 Å². The molecule has 0 aliphatic heterocycles. The van der Waals surface area contributed by atoms with E-state index in [-0.39, 0.29) is 7.92 Å². The van der Waals surface area contributed by atoms with Gasteiger partial charge in [0.05, 0.1) is 8.07 Å². The summed E-state index contributed by atoms with van der Waals surface area (Å²) in [4.78, 5) is 0. The zero-order valence-corrected chi connectivity index (χ0v) is 11.5. The van der Waals surface area contributed by atoms with Crippen LogP contribution in [-0.4, -0.2) is 20.4 Å². The fourth-order valence-corrected chi connectivity index (χ4v) is 8.19. The quantitative estimate of drug-likeness (QED) is 0.484. The van der Waals surface area contributed by atoms with Crippen LogP contribution in [0.25, 0.3) is 0 Å². The van der Waals surface area contributed by atoms with Crippen LogP contribution in [0.5, 0.6) is 0 Å². The van der Waals surface area contributed by atoms with Gasteiger partial charge >= 0.3 is 0 Å². The summed E-state index contributed by atoms with van der Waals surface area (Å²) in [5, 5.41) is 0. The summed E-state index contributed by atoms with van der Waals surface area (Å²) in [5.74, 6) is 3.89. The zero-order chi connectivity index (χ0) is 9.90. The summed E-state index contributed by atoms with van der Waals surface area (Å²) in [6.07, 6.45) is 7.40. The lowest BCUT2D eigenvalue weighted by atomic mass is 10.0. The summed E-state index contributed by atoms with van der Waals surface area (Å²) in [5.41, 5.74) is 1.02. The third kappa shape index (κ3) is 4.60. The molecule has 1 saturated carbocycles. The molecule has 1 unspecified atom stereocenters. The Morgan fingerprint density at radius 2 is 1.62 bits per heavy atom. The average Bonchev–Trinajstić information content (AvgIpc) is 2.03. The van der Waals surface area contributed by atoms with Crippen molar-refractivity contribution in [1.29, 1.82) is 0 Å². The van der Waals surface area contributed by atoms with Crippen molar-refractivity contribution in [2.24, 2.45) is 0 Å². The zero-order valence-electron chi connectivity index (χ0n) is 9.56. The van der Waals surface area contributed by atoms with Crippen molar-refractivity contribution in [3.63, 3.8) is 0 Å². The minimum Gasteiger partial charge on any atom is -0.102 e. The predicted octanol–water partition coefficient (Wildman–Crippen LogP) is 4.35. The molecule has 1 atom stereocenters. The van der Waals surface area contributed by atoms with E-state index in [1.54, 1.807) is 0 Å². The van der Waals surface area contributed by atoms with E-state index < -0.39 is 8.07 Å². The molecule has 0 aromatic rings. The summed E-state index contributed by atoms with van der Waals surface area (Å²) in [7, 11) is -0.901. The SMILES string of the molecule is CP([C][Si](C)(C)C)C1CCCCC1. The molecule has 1 aliphatic rings. The highest BCUT2D eigenvalue weighted by Gasteiger charge is 2.25. The second-order valence-electron chi connectivity index (χ2n) is 5.26. The van der Waals surface area contributed by atoms with Gasteiger partial charge in [0.15, 0.2) is 0 Å². The Labute approximate surface area is 86.3 Å². The molecule has 1 aliphatic carbocycles. The molecule has 0 heterocycles. The smallest absolute Gasteiger partial charge is 0.0572 e. The van der Waals surface area contributed by atoms with E-state index in [1.807, 2.05) is 0 Å². The second-order valence-corrected chi connectivity index (χ2v) is 12.6. The first-order valence-corrected chi connectivity index (χ1v) is 10.9. The molecule has 1 fully saturated rings. The Balaban J connectivity index is 2.33. The van der Waals surface area contributed by atoms with Crippen LogP contribution in [0, 0.1) is 5.79 Å². The molecule has 0 bridgehead atoms. The van der Waals surface area contributed by atoms with E-state index in [4.69, 9.17) is 0 Å². The standard InChI is InChI=1S/C11H23PSi/c1-12(10-13(2,3)4)11-8-6-5-7-9-11/h11H,5-9H2,1-4H3. The summed E-state index contributed by atoms with van der Waals surface area (Å²) in [6.45, 7) is 9.68. The molecule has 0 nitrogen and oxygen atoms in total. The molecule has 0 spiro atoms. The van der Waals surface area contributed by atoms with Crippen molar-refractivity contribution in [3.8, 4) is 0 Å². The van der Waals surface area contributed by atoms with Gasteiger partial charge in [0, 0.05) is 5.79 Å². The van der Waals surface area contributed by atoms with E-state index in [0.717, 1.165) is 5.66 Å². The van der Waals surface area contributed by atoms with Crippen LogP contribution in [0.15, 0.2) is 0 Å². The van der Waals surface area contributed by atoms with Gasteiger partial charge < -0.3 is 0 Å². The van der Waals surface area contributed by atoms with E-state index in [9.17, 15) is 0 Å². The molecular formula is C11H23PSi. The highest BCUT2D eigenvalue weighted by molar-refractivity contribution is 7.63. The summed E-state index contributed by atoms with van der Waals surface area (Å²) >= 11 is 0. The second kappa shape index (κ2) is 4.93. The third-order valence-corrected chi connectivity index (χ3v) is 8.34. The number of hydrogen-bond donors (Lipinski definition) is 0. The normalized spacial score (nSPS) is 23.1. The van der Waals surface area contributed by atoms with Gasteiger partial charge in [-0.25, -0.2) is 0 Å². The molecular weight excluding hydrogens is 191 g/mol. The van der Waals surface area contributed by atoms with Crippen LogP contribution in [0.2, 0.25) is 19.6 Å². The monoisotopic (exact) mass is 214 g/mol. The van der Waals surface area contributed by atoms with Gasteiger partial charge in [-0.15, -0.1) is 7.92 Å². The van der Waals surface area contributed by atoms with Crippen molar-refractivity contribution < 1.29 is 0 Å². The molecule has 0 N–H and O–H groups in total. The van der Waals surface area contributed by atoms with Crippen LogP contribution < -0.4 is 0 Å². The van der Waals surface area contributed by atoms with Gasteiger partial charge in [0.2, 0.25) is 0 Å². The Morgan fingerprint density at radius 3 is 2.08 bits per heavy atom. The molecule has 2 radical (unpaired) electrons. The van der Waals surface area contributed by atoms with Crippen LogP contribution in [0.1, 0.15) is 32.1 Å². The largest absolute Gasteiger partial charge is 0.102 e. The molecule has 0 aromatic carbocycles. The first kappa shape index (κ1) is 11.7. The number of rotatable bonds is 3. The van der Waals surface area contributed by atoms with Crippen molar-refractivity contribution in [1.82, 2.24) is 0 Å². The lowest BCUT2D eigenvalue weighted by molar-refractivity contribution is 0.512. The highest BCUT2D eigenvalue weighted by atomic mass is 31.1. The van der Waals surface area contributed by atoms with Gasteiger partial charge in [-0.05, 0) is 25.2 Å². The maximum Gasteiger partial charge on any atom is 0.0572 e. The lowest BCUT2D eigenvalue weighted by Gasteiger charge is -2.31. The Hall–Kier alpha value is 0.647. The predicted molar refractivity (Wildman–Crippen MR) is 66.3 cm³/mol. The van der Waals surface area contributed by atoms with Crippen LogP contribution in [0.4, 0.5) is 0 Å².